The van der Waals surface area contributed by atoms with Gasteiger partial charge in [0.15, 0.2) is 9.84 Å². The van der Waals surface area contributed by atoms with Crippen LogP contribution < -0.4 is 5.32 Å². The highest BCUT2D eigenvalue weighted by Gasteiger charge is 2.19. The average molecular weight is 393 g/mol. The number of nitrogens with one attached hydrogen (secondary N) is 1. The zero-order valence-corrected chi connectivity index (χ0v) is 14.8. The summed E-state index contributed by atoms with van der Waals surface area (Å²) >= 11 is 0. The zero-order valence-electron chi connectivity index (χ0n) is 13.9. The maximum Gasteiger partial charge on any atom is 0.322 e. The van der Waals surface area contributed by atoms with Gasteiger partial charge in [0.25, 0.3) is 5.91 Å². The fraction of sp³-hybridized carbons (Fsp3) is 0.118. The SMILES string of the molecule is CS(=O)(=O)c1ccc(Cc2nnc(NC(=O)c3c(F)cccc3F)o2)cc1. The Labute approximate surface area is 153 Å². The Morgan fingerprint density at radius 1 is 1.07 bits per heavy atom. The molecule has 0 fully saturated rings. The van der Waals surface area contributed by atoms with Crippen molar-refractivity contribution in [2.24, 2.45) is 0 Å². The highest BCUT2D eigenvalue weighted by Crippen LogP contribution is 2.17. The summed E-state index contributed by atoms with van der Waals surface area (Å²) in [5, 5.41) is 9.48. The van der Waals surface area contributed by atoms with E-state index in [0.29, 0.717) is 5.56 Å². The van der Waals surface area contributed by atoms with Crippen LogP contribution in [0.5, 0.6) is 0 Å². The number of amides is 1. The lowest BCUT2D eigenvalue weighted by molar-refractivity contribution is 0.101. The molecule has 1 heterocycles. The normalized spacial score (nSPS) is 11.4. The molecule has 0 saturated carbocycles. The van der Waals surface area contributed by atoms with Crippen LogP contribution in [0.25, 0.3) is 0 Å². The van der Waals surface area contributed by atoms with Crippen LogP contribution in [0.2, 0.25) is 0 Å². The summed E-state index contributed by atoms with van der Waals surface area (Å²) in [6.07, 6.45) is 1.29. The van der Waals surface area contributed by atoms with Crippen molar-refractivity contribution < 1.29 is 26.4 Å². The molecular weight excluding hydrogens is 380 g/mol. The van der Waals surface area contributed by atoms with Crippen molar-refractivity contribution in [3.8, 4) is 0 Å². The molecule has 10 heteroatoms. The number of benzene rings is 2. The molecule has 3 rings (SSSR count). The zero-order chi connectivity index (χ0) is 19.6. The van der Waals surface area contributed by atoms with E-state index in [1.165, 1.54) is 12.1 Å². The van der Waals surface area contributed by atoms with E-state index in [-0.39, 0.29) is 23.2 Å². The molecule has 7 nitrogen and oxygen atoms in total. The van der Waals surface area contributed by atoms with Gasteiger partial charge in [-0.15, -0.1) is 5.10 Å². The summed E-state index contributed by atoms with van der Waals surface area (Å²) in [5.41, 5.74) is -0.0577. The summed E-state index contributed by atoms with van der Waals surface area (Å²) < 4.78 is 55.3. The lowest BCUT2D eigenvalue weighted by atomic mass is 10.1. The fourth-order valence-electron chi connectivity index (χ4n) is 2.28. The number of halogens is 2. The molecule has 0 aliphatic carbocycles. The lowest BCUT2D eigenvalue weighted by Gasteiger charge is -2.03. The van der Waals surface area contributed by atoms with Gasteiger partial charge in [0.2, 0.25) is 5.89 Å². The third-order valence-corrected chi connectivity index (χ3v) is 4.71. The topological polar surface area (TPSA) is 102 Å². The van der Waals surface area contributed by atoms with E-state index in [2.05, 4.69) is 15.5 Å². The molecule has 2 aromatic carbocycles. The van der Waals surface area contributed by atoms with Gasteiger partial charge in [0.05, 0.1) is 11.3 Å². The van der Waals surface area contributed by atoms with Crippen molar-refractivity contribution >= 4 is 21.8 Å². The van der Waals surface area contributed by atoms with Gasteiger partial charge in [-0.2, -0.15) is 0 Å². The van der Waals surface area contributed by atoms with Crippen LogP contribution in [0.3, 0.4) is 0 Å². The molecule has 0 aliphatic rings. The number of hydrogen-bond donors (Lipinski definition) is 1. The molecule has 0 aliphatic heterocycles. The summed E-state index contributed by atoms with van der Waals surface area (Å²) in [7, 11) is -3.30. The van der Waals surface area contributed by atoms with Gasteiger partial charge in [0.1, 0.15) is 17.2 Å². The van der Waals surface area contributed by atoms with Crippen LogP contribution in [0.1, 0.15) is 21.8 Å². The predicted octanol–water partition coefficient (Wildman–Crippen LogP) is 2.59. The van der Waals surface area contributed by atoms with Crippen molar-refractivity contribution in [2.45, 2.75) is 11.3 Å². The Morgan fingerprint density at radius 3 is 2.30 bits per heavy atom. The first-order valence-corrected chi connectivity index (χ1v) is 9.50. The Balaban J connectivity index is 1.71. The number of rotatable bonds is 5. The molecule has 1 aromatic heterocycles. The summed E-state index contributed by atoms with van der Waals surface area (Å²) in [6, 6.07) is 8.82. The highest BCUT2D eigenvalue weighted by molar-refractivity contribution is 7.90. The number of nitrogens with zero attached hydrogens (tertiary/aromatic N) is 2. The maximum atomic E-state index is 13.6. The second kappa shape index (κ2) is 7.23. The van der Waals surface area contributed by atoms with Crippen LogP contribution in [-0.4, -0.2) is 30.8 Å². The smallest absolute Gasteiger partial charge is 0.322 e. The van der Waals surface area contributed by atoms with Crippen molar-refractivity contribution in [1.29, 1.82) is 0 Å². The number of carbonyl (C=O) groups excluding carboxylic acids is 1. The first kappa shape index (κ1) is 18.6. The van der Waals surface area contributed by atoms with Crippen molar-refractivity contribution in [3.05, 3.63) is 71.1 Å². The van der Waals surface area contributed by atoms with Crippen LogP contribution in [0, 0.1) is 11.6 Å². The number of carbonyl (C=O) groups is 1. The molecule has 0 saturated heterocycles. The van der Waals surface area contributed by atoms with Gasteiger partial charge in [-0.1, -0.05) is 23.3 Å². The lowest BCUT2D eigenvalue weighted by Crippen LogP contribution is -2.16. The molecule has 0 radical (unpaired) electrons. The highest BCUT2D eigenvalue weighted by atomic mass is 32.2. The maximum absolute atomic E-state index is 13.6. The molecule has 3 aromatic rings. The van der Waals surface area contributed by atoms with Gasteiger partial charge in [-0.05, 0) is 29.8 Å². The molecule has 0 atom stereocenters. The minimum atomic E-state index is -3.30. The van der Waals surface area contributed by atoms with Gasteiger partial charge in [0, 0.05) is 6.26 Å². The molecule has 0 spiro atoms. The van der Waals surface area contributed by atoms with Crippen LogP contribution in [0.15, 0.2) is 51.8 Å². The third kappa shape index (κ3) is 4.34. The second-order valence-corrected chi connectivity index (χ2v) is 7.66. The van der Waals surface area contributed by atoms with Crippen molar-refractivity contribution in [2.75, 3.05) is 11.6 Å². The Kier molecular flexibility index (Phi) is 5.00. The van der Waals surface area contributed by atoms with Crippen LogP contribution >= 0.6 is 0 Å². The molecule has 140 valence electrons. The molecule has 1 amide bonds. The number of hydrogen-bond acceptors (Lipinski definition) is 6. The minimum Gasteiger partial charge on any atom is -0.407 e. The molecule has 0 unspecified atom stereocenters. The standard InChI is InChI=1S/C17H13F2N3O4S/c1-27(24,25)11-7-5-10(6-8-11)9-14-21-22-17(26-14)20-16(23)15-12(18)3-2-4-13(15)19/h2-8H,9H2,1H3,(H,20,22,23). The predicted molar refractivity (Wildman–Crippen MR) is 91.0 cm³/mol. The van der Waals surface area contributed by atoms with Crippen LogP contribution in [0.4, 0.5) is 14.8 Å². The summed E-state index contributed by atoms with van der Waals surface area (Å²) in [6.45, 7) is 0. The van der Waals surface area contributed by atoms with E-state index in [1.54, 1.807) is 12.1 Å². The van der Waals surface area contributed by atoms with E-state index < -0.39 is 32.9 Å². The first-order chi connectivity index (χ1) is 12.7. The van der Waals surface area contributed by atoms with E-state index in [0.717, 1.165) is 24.5 Å². The first-order valence-electron chi connectivity index (χ1n) is 7.61. The molecular formula is C17H13F2N3O4S. The van der Waals surface area contributed by atoms with Gasteiger partial charge in [-0.3, -0.25) is 10.1 Å². The van der Waals surface area contributed by atoms with Gasteiger partial charge >= 0.3 is 6.01 Å². The summed E-state index contributed by atoms with van der Waals surface area (Å²) in [5.74, 6) is -2.96. The number of aromatic nitrogens is 2. The molecule has 0 bridgehead atoms. The Morgan fingerprint density at radius 2 is 1.70 bits per heavy atom. The van der Waals surface area contributed by atoms with E-state index in [4.69, 9.17) is 4.42 Å². The minimum absolute atomic E-state index is 0.131. The largest absolute Gasteiger partial charge is 0.407 e. The van der Waals surface area contributed by atoms with Crippen molar-refractivity contribution in [3.63, 3.8) is 0 Å². The third-order valence-electron chi connectivity index (χ3n) is 3.58. The van der Waals surface area contributed by atoms with Gasteiger partial charge in [-0.25, -0.2) is 17.2 Å². The second-order valence-electron chi connectivity index (χ2n) is 5.64. The van der Waals surface area contributed by atoms with E-state index in [1.807, 2.05) is 0 Å². The average Bonchev–Trinajstić information content (AvgIpc) is 3.01. The van der Waals surface area contributed by atoms with Crippen molar-refractivity contribution in [1.82, 2.24) is 10.2 Å². The van der Waals surface area contributed by atoms with Gasteiger partial charge < -0.3 is 4.42 Å². The van der Waals surface area contributed by atoms with Crippen LogP contribution in [-0.2, 0) is 16.3 Å². The Hall–Kier alpha value is -3.14. The molecule has 1 N–H and O–H groups in total. The Bertz CT molecular complexity index is 1080. The monoisotopic (exact) mass is 393 g/mol. The summed E-state index contributed by atoms with van der Waals surface area (Å²) in [4.78, 5) is 12.2. The van der Waals surface area contributed by atoms with E-state index >= 15 is 0 Å². The number of anilines is 1. The van der Waals surface area contributed by atoms with E-state index in [9.17, 15) is 22.0 Å². The molecule has 27 heavy (non-hydrogen) atoms. The number of sulfone groups is 1. The fourth-order valence-corrected chi connectivity index (χ4v) is 2.91. The quantitative estimate of drug-likeness (QED) is 0.715.